The summed E-state index contributed by atoms with van der Waals surface area (Å²) < 4.78 is 43.6. The average molecular weight is 709 g/mol. The van der Waals surface area contributed by atoms with Crippen molar-refractivity contribution in [1.29, 1.82) is 0 Å². The number of carbonyl (C=O) groups excluding carboxylic acids is 4. The molecule has 0 aliphatic carbocycles. The smallest absolute Gasteiger partial charge is 0.428 e. The van der Waals surface area contributed by atoms with Crippen LogP contribution in [0.2, 0.25) is 0 Å². The van der Waals surface area contributed by atoms with Gasteiger partial charge in [0.25, 0.3) is 0 Å². The molecule has 3 aromatic rings. The number of hydrogen-bond donors (Lipinski definition) is 0. The molecule has 0 aliphatic rings. The minimum atomic E-state index is -0.993. The fourth-order valence-electron chi connectivity index (χ4n) is 4.47. The zero-order valence-electron chi connectivity index (χ0n) is 31.6. The molecular weight excluding hydrogens is 660 g/mol. The van der Waals surface area contributed by atoms with Crippen LogP contribution in [-0.2, 0) is 18.9 Å². The van der Waals surface area contributed by atoms with Crippen molar-refractivity contribution in [3.8, 4) is 45.3 Å². The van der Waals surface area contributed by atoms with E-state index in [0.717, 1.165) is 0 Å². The van der Waals surface area contributed by atoms with Crippen molar-refractivity contribution in [1.82, 2.24) is 0 Å². The van der Waals surface area contributed by atoms with Crippen LogP contribution >= 0.6 is 0 Å². The minimum absolute atomic E-state index is 0.00903. The molecule has 0 heterocycles. The molecular formula is C39H48O12. The van der Waals surface area contributed by atoms with E-state index >= 15 is 0 Å². The van der Waals surface area contributed by atoms with Crippen molar-refractivity contribution in [3.63, 3.8) is 0 Å². The van der Waals surface area contributed by atoms with Crippen LogP contribution in [0, 0.1) is 6.92 Å². The molecule has 0 amide bonds. The first-order valence-corrected chi connectivity index (χ1v) is 16.3. The quantitative estimate of drug-likeness (QED) is 0.137. The van der Waals surface area contributed by atoms with Gasteiger partial charge in [-0.05, 0) is 131 Å². The maximum Gasteiger partial charge on any atom is 0.514 e. The molecule has 0 atom stereocenters. The van der Waals surface area contributed by atoms with E-state index in [1.54, 1.807) is 139 Å². The van der Waals surface area contributed by atoms with Gasteiger partial charge in [0.15, 0.2) is 0 Å². The monoisotopic (exact) mass is 708 g/mol. The first-order valence-electron chi connectivity index (χ1n) is 16.3. The molecule has 0 aliphatic heterocycles. The van der Waals surface area contributed by atoms with E-state index in [2.05, 4.69) is 0 Å². The number of benzene rings is 3. The molecule has 0 spiro atoms. The summed E-state index contributed by atoms with van der Waals surface area (Å²) in [6.07, 6.45) is -3.73. The Kier molecular flexibility index (Phi) is 12.1. The maximum atomic E-state index is 13.0. The van der Waals surface area contributed by atoms with Crippen molar-refractivity contribution >= 4 is 24.6 Å². The summed E-state index contributed by atoms with van der Waals surface area (Å²) in [5.74, 6) is 0.446. The van der Waals surface area contributed by atoms with Gasteiger partial charge in [-0.1, -0.05) is 24.3 Å². The number of ether oxygens (including phenoxy) is 8. The third kappa shape index (κ3) is 13.2. The lowest BCUT2D eigenvalue weighted by atomic mass is 9.91. The Bertz CT molecular complexity index is 1600. The Balaban J connectivity index is 2.20. The summed E-state index contributed by atoms with van der Waals surface area (Å²) in [5, 5.41) is 0. The predicted molar refractivity (Wildman–Crippen MR) is 189 cm³/mol. The van der Waals surface area contributed by atoms with E-state index in [0.29, 0.717) is 27.8 Å². The van der Waals surface area contributed by atoms with Crippen LogP contribution in [0.5, 0.6) is 23.0 Å². The minimum Gasteiger partial charge on any atom is -0.428 e. The van der Waals surface area contributed by atoms with Crippen LogP contribution in [0.25, 0.3) is 22.3 Å². The second-order valence-electron chi connectivity index (χ2n) is 15.6. The fraction of sp³-hybridized carbons (Fsp3) is 0.436. The summed E-state index contributed by atoms with van der Waals surface area (Å²) in [6.45, 7) is 22.3. The normalized spacial score (nSPS) is 11.9. The van der Waals surface area contributed by atoms with Crippen LogP contribution in [0.3, 0.4) is 0 Å². The number of hydrogen-bond acceptors (Lipinski definition) is 12. The Morgan fingerprint density at radius 3 is 0.922 bits per heavy atom. The zero-order valence-corrected chi connectivity index (χ0v) is 31.6. The highest BCUT2D eigenvalue weighted by molar-refractivity contribution is 5.89. The van der Waals surface area contributed by atoms with Crippen molar-refractivity contribution in [3.05, 3.63) is 60.2 Å². The van der Waals surface area contributed by atoms with Crippen molar-refractivity contribution in [2.75, 3.05) is 0 Å². The number of carbonyl (C=O) groups is 4. The third-order valence-electron chi connectivity index (χ3n) is 6.14. The van der Waals surface area contributed by atoms with Crippen LogP contribution in [0.15, 0.2) is 54.6 Å². The largest absolute Gasteiger partial charge is 0.514 e. The Labute approximate surface area is 299 Å². The van der Waals surface area contributed by atoms with Gasteiger partial charge in [-0.25, -0.2) is 19.2 Å². The molecule has 276 valence electrons. The molecule has 0 saturated heterocycles. The third-order valence-corrected chi connectivity index (χ3v) is 6.14. The van der Waals surface area contributed by atoms with Crippen LogP contribution in [0.4, 0.5) is 19.2 Å². The molecule has 0 fully saturated rings. The van der Waals surface area contributed by atoms with E-state index in [1.807, 2.05) is 0 Å². The molecule has 0 unspecified atom stereocenters. The lowest BCUT2D eigenvalue weighted by molar-refractivity contribution is 0.0184. The van der Waals surface area contributed by atoms with E-state index in [4.69, 9.17) is 37.9 Å². The van der Waals surface area contributed by atoms with Gasteiger partial charge in [0.05, 0.1) is 0 Å². The lowest BCUT2D eigenvalue weighted by Crippen LogP contribution is -2.27. The standard InChI is InChI=1S/C39H48O12/c1-23-30(24-14-18-26(19-15-24)44-32(40)48-36(2,3)4)28(46-34(42)50-38(8,9)10)22-29(47-35(43)51-39(11,12)13)31(23)25-16-20-27(21-17-25)45-33(41)49-37(5,6)7/h14-22H,1-13H3. The van der Waals surface area contributed by atoms with E-state index in [1.165, 1.54) is 6.07 Å². The second-order valence-corrected chi connectivity index (χ2v) is 15.6. The van der Waals surface area contributed by atoms with E-state index < -0.39 is 47.0 Å². The molecule has 51 heavy (non-hydrogen) atoms. The zero-order chi connectivity index (χ0) is 38.5. The highest BCUT2D eigenvalue weighted by atomic mass is 16.8. The van der Waals surface area contributed by atoms with Gasteiger partial charge in [-0.3, -0.25) is 0 Å². The molecule has 0 aromatic heterocycles. The summed E-state index contributed by atoms with van der Waals surface area (Å²) in [7, 11) is 0. The SMILES string of the molecule is Cc1c(-c2ccc(OC(=O)OC(C)(C)C)cc2)c(OC(=O)OC(C)(C)C)cc(OC(=O)OC(C)(C)C)c1-c1ccc(OC(=O)OC(C)(C)C)cc1. The fourth-order valence-corrected chi connectivity index (χ4v) is 4.47. The molecule has 3 aromatic carbocycles. The van der Waals surface area contributed by atoms with Crippen molar-refractivity contribution < 1.29 is 57.1 Å². The summed E-state index contributed by atoms with van der Waals surface area (Å²) in [6, 6.07) is 14.3. The van der Waals surface area contributed by atoms with Gasteiger partial charge >= 0.3 is 24.6 Å². The van der Waals surface area contributed by atoms with Gasteiger partial charge in [0, 0.05) is 17.2 Å². The average Bonchev–Trinajstić information content (AvgIpc) is 2.90. The Hall–Kier alpha value is -5.26. The second kappa shape index (κ2) is 15.3. The van der Waals surface area contributed by atoms with Crippen molar-refractivity contribution in [2.45, 2.75) is 112 Å². The summed E-state index contributed by atoms with van der Waals surface area (Å²) in [4.78, 5) is 50.6. The first kappa shape index (κ1) is 40.2. The molecule has 12 heteroatoms. The van der Waals surface area contributed by atoms with Gasteiger partial charge in [-0.2, -0.15) is 0 Å². The van der Waals surface area contributed by atoms with Gasteiger partial charge in [-0.15, -0.1) is 0 Å². The van der Waals surface area contributed by atoms with Crippen molar-refractivity contribution in [2.24, 2.45) is 0 Å². The Morgan fingerprint density at radius 1 is 0.412 bits per heavy atom. The van der Waals surface area contributed by atoms with Crippen LogP contribution in [-0.4, -0.2) is 47.0 Å². The van der Waals surface area contributed by atoms with Crippen LogP contribution in [0.1, 0.15) is 88.6 Å². The molecule has 0 N–H and O–H groups in total. The first-order chi connectivity index (χ1) is 23.3. The molecule has 12 nitrogen and oxygen atoms in total. The highest BCUT2D eigenvalue weighted by Gasteiger charge is 2.28. The molecule has 3 rings (SSSR count). The Morgan fingerprint density at radius 2 is 0.667 bits per heavy atom. The van der Waals surface area contributed by atoms with Gasteiger partial charge in [0.2, 0.25) is 0 Å². The molecule has 0 radical (unpaired) electrons. The maximum absolute atomic E-state index is 13.0. The molecule has 0 saturated carbocycles. The van der Waals surface area contributed by atoms with Gasteiger partial charge < -0.3 is 37.9 Å². The summed E-state index contributed by atoms with van der Waals surface area (Å²) >= 11 is 0. The predicted octanol–water partition coefficient (Wildman–Crippen LogP) is 10.6. The lowest BCUT2D eigenvalue weighted by Gasteiger charge is -2.23. The summed E-state index contributed by atoms with van der Waals surface area (Å²) in [5.41, 5.74) is -0.733. The number of rotatable bonds is 6. The van der Waals surface area contributed by atoms with Crippen LogP contribution < -0.4 is 18.9 Å². The highest BCUT2D eigenvalue weighted by Crippen LogP contribution is 2.46. The topological polar surface area (TPSA) is 142 Å². The van der Waals surface area contributed by atoms with E-state index in [-0.39, 0.29) is 23.0 Å². The van der Waals surface area contributed by atoms with Gasteiger partial charge in [0.1, 0.15) is 45.4 Å². The molecule has 0 bridgehead atoms. The van der Waals surface area contributed by atoms with E-state index in [9.17, 15) is 19.2 Å².